The van der Waals surface area contributed by atoms with Crippen LogP contribution in [0.1, 0.15) is 0 Å². The zero-order valence-corrected chi connectivity index (χ0v) is 9.85. The molecule has 0 amide bonds. The first kappa shape index (κ1) is 10.2. The molecule has 0 fully saturated rings. The Hall–Kier alpha value is -1.93. The molecule has 0 radical (unpaired) electrons. The maximum Gasteiger partial charge on any atom is 0.0706 e. The van der Waals surface area contributed by atoms with Crippen molar-refractivity contribution in [3.05, 3.63) is 66.0 Å². The van der Waals surface area contributed by atoms with Gasteiger partial charge >= 0.3 is 0 Å². The third kappa shape index (κ3) is 1.87. The summed E-state index contributed by atoms with van der Waals surface area (Å²) in [4.78, 5) is 2.11. The van der Waals surface area contributed by atoms with Gasteiger partial charge in [-0.05, 0) is 30.3 Å². The molecule has 1 N–H and O–H groups in total. The Bertz CT molecular complexity index is 564. The molecule has 0 spiro atoms. The summed E-state index contributed by atoms with van der Waals surface area (Å²) < 4.78 is 0. The van der Waals surface area contributed by atoms with Crippen LogP contribution in [0.3, 0.4) is 0 Å². The first-order valence-electron chi connectivity index (χ1n) is 5.42. The second-order valence-corrected chi connectivity index (χ2v) is 4.26. The molecule has 0 atom stereocenters. The Kier molecular flexibility index (Phi) is 2.50. The number of para-hydroxylation sites is 1. The molecule has 17 heavy (non-hydrogen) atoms. The van der Waals surface area contributed by atoms with Gasteiger partial charge in [0.15, 0.2) is 0 Å². The van der Waals surface area contributed by atoms with E-state index in [0.717, 1.165) is 22.1 Å². The van der Waals surface area contributed by atoms with Gasteiger partial charge in [-0.3, -0.25) is 0 Å². The van der Waals surface area contributed by atoms with Gasteiger partial charge in [0, 0.05) is 23.1 Å². The molecule has 0 saturated heterocycles. The molecule has 1 aliphatic heterocycles. The smallest absolute Gasteiger partial charge is 0.0706 e. The van der Waals surface area contributed by atoms with E-state index in [2.05, 4.69) is 22.3 Å². The molecular formula is C14H11ClN2. The van der Waals surface area contributed by atoms with Crippen molar-refractivity contribution in [3.63, 3.8) is 0 Å². The minimum Gasteiger partial charge on any atom is -0.359 e. The summed E-state index contributed by atoms with van der Waals surface area (Å²) in [5.74, 6) is 0. The molecule has 84 valence electrons. The third-order valence-corrected chi connectivity index (χ3v) is 2.95. The first-order chi connectivity index (χ1) is 8.34. The molecule has 1 aliphatic rings. The Morgan fingerprint density at radius 3 is 2.65 bits per heavy atom. The molecule has 2 aromatic carbocycles. The van der Waals surface area contributed by atoms with Crippen LogP contribution >= 0.6 is 11.6 Å². The van der Waals surface area contributed by atoms with Crippen molar-refractivity contribution in [1.82, 2.24) is 0 Å². The van der Waals surface area contributed by atoms with E-state index in [4.69, 9.17) is 11.6 Å². The van der Waals surface area contributed by atoms with Crippen LogP contribution in [-0.4, -0.2) is 0 Å². The van der Waals surface area contributed by atoms with Crippen molar-refractivity contribution in [2.75, 3.05) is 10.2 Å². The van der Waals surface area contributed by atoms with Gasteiger partial charge in [-0.15, -0.1) is 0 Å². The fraction of sp³-hybridized carbons (Fsp3) is 0. The summed E-state index contributed by atoms with van der Waals surface area (Å²) in [6.45, 7) is 0. The second-order valence-electron chi connectivity index (χ2n) is 3.83. The Morgan fingerprint density at radius 1 is 1.00 bits per heavy atom. The van der Waals surface area contributed by atoms with Gasteiger partial charge < -0.3 is 10.2 Å². The van der Waals surface area contributed by atoms with Crippen LogP contribution in [0.25, 0.3) is 0 Å². The predicted molar refractivity (Wildman–Crippen MR) is 72.8 cm³/mol. The quantitative estimate of drug-likeness (QED) is 0.799. The number of anilines is 3. The topological polar surface area (TPSA) is 15.3 Å². The zero-order chi connectivity index (χ0) is 11.7. The van der Waals surface area contributed by atoms with Gasteiger partial charge in [-0.25, -0.2) is 0 Å². The maximum absolute atomic E-state index is 6.05. The van der Waals surface area contributed by atoms with E-state index in [1.807, 2.05) is 48.8 Å². The number of benzene rings is 2. The maximum atomic E-state index is 6.05. The number of fused-ring (bicyclic) bond motifs is 1. The molecule has 3 rings (SSSR count). The van der Waals surface area contributed by atoms with Crippen LogP contribution in [-0.2, 0) is 0 Å². The summed E-state index contributed by atoms with van der Waals surface area (Å²) in [5, 5.41) is 3.95. The molecule has 2 nitrogen and oxygen atoms in total. The van der Waals surface area contributed by atoms with Crippen molar-refractivity contribution in [1.29, 1.82) is 0 Å². The Balaban J connectivity index is 2.11. The fourth-order valence-electron chi connectivity index (χ4n) is 1.92. The zero-order valence-electron chi connectivity index (χ0n) is 9.10. The number of rotatable bonds is 1. The van der Waals surface area contributed by atoms with Gasteiger partial charge in [0.2, 0.25) is 0 Å². The van der Waals surface area contributed by atoms with Crippen LogP contribution in [0, 0.1) is 0 Å². The lowest BCUT2D eigenvalue weighted by atomic mass is 10.2. The highest BCUT2D eigenvalue weighted by molar-refractivity contribution is 6.31. The van der Waals surface area contributed by atoms with E-state index < -0.39 is 0 Å². The van der Waals surface area contributed by atoms with Crippen molar-refractivity contribution in [3.8, 4) is 0 Å². The number of hydrogen-bond acceptors (Lipinski definition) is 2. The average Bonchev–Trinajstić information content (AvgIpc) is 2.39. The van der Waals surface area contributed by atoms with Crippen molar-refractivity contribution >= 4 is 28.7 Å². The van der Waals surface area contributed by atoms with Crippen LogP contribution in [0.2, 0.25) is 5.02 Å². The van der Waals surface area contributed by atoms with Crippen LogP contribution in [0.4, 0.5) is 17.1 Å². The van der Waals surface area contributed by atoms with E-state index in [0.29, 0.717) is 0 Å². The lowest BCUT2D eigenvalue weighted by Crippen LogP contribution is -2.14. The van der Waals surface area contributed by atoms with Crippen molar-refractivity contribution in [2.24, 2.45) is 0 Å². The molecule has 1 heterocycles. The van der Waals surface area contributed by atoms with E-state index >= 15 is 0 Å². The number of nitrogens with one attached hydrogen (secondary N) is 1. The SMILES string of the molecule is Clc1ccc2c(c1)N(c1ccccc1)C=CN2. The van der Waals surface area contributed by atoms with E-state index in [1.54, 1.807) is 0 Å². The molecule has 0 bridgehead atoms. The largest absolute Gasteiger partial charge is 0.359 e. The standard InChI is InChI=1S/C14H11ClN2/c15-11-6-7-13-14(10-11)17(9-8-16-13)12-4-2-1-3-5-12/h1-10,16H. The average molecular weight is 243 g/mol. The highest BCUT2D eigenvalue weighted by Crippen LogP contribution is 2.36. The summed E-state index contributed by atoms with van der Waals surface area (Å²) in [6.07, 6.45) is 3.91. The molecule has 0 aromatic heterocycles. The summed E-state index contributed by atoms with van der Waals surface area (Å²) in [6, 6.07) is 16.0. The monoisotopic (exact) mass is 242 g/mol. The minimum absolute atomic E-state index is 0.738. The third-order valence-electron chi connectivity index (χ3n) is 2.72. The molecule has 0 unspecified atom stereocenters. The minimum atomic E-state index is 0.738. The highest BCUT2D eigenvalue weighted by atomic mass is 35.5. The molecule has 0 saturated carbocycles. The molecule has 3 heteroatoms. The van der Waals surface area contributed by atoms with Gasteiger partial charge in [0.1, 0.15) is 0 Å². The van der Waals surface area contributed by atoms with Crippen molar-refractivity contribution in [2.45, 2.75) is 0 Å². The predicted octanol–water partition coefficient (Wildman–Crippen LogP) is 4.37. The van der Waals surface area contributed by atoms with Gasteiger partial charge in [-0.1, -0.05) is 29.8 Å². The van der Waals surface area contributed by atoms with E-state index in [1.165, 1.54) is 0 Å². The summed E-state index contributed by atoms with van der Waals surface area (Å²) >= 11 is 6.05. The number of halogens is 1. The van der Waals surface area contributed by atoms with Crippen LogP contribution < -0.4 is 10.2 Å². The second kappa shape index (κ2) is 4.15. The highest BCUT2D eigenvalue weighted by Gasteiger charge is 2.14. The van der Waals surface area contributed by atoms with Crippen molar-refractivity contribution < 1.29 is 0 Å². The first-order valence-corrected chi connectivity index (χ1v) is 5.79. The van der Waals surface area contributed by atoms with Crippen LogP contribution in [0.5, 0.6) is 0 Å². The van der Waals surface area contributed by atoms with Gasteiger partial charge in [-0.2, -0.15) is 0 Å². The number of hydrogen-bond donors (Lipinski definition) is 1. The Labute approximate surface area is 105 Å². The molecule has 2 aromatic rings. The summed E-state index contributed by atoms with van der Waals surface area (Å²) in [7, 11) is 0. The normalized spacial score (nSPS) is 13.1. The summed E-state index contributed by atoms with van der Waals surface area (Å²) in [5.41, 5.74) is 3.24. The van der Waals surface area contributed by atoms with Crippen LogP contribution in [0.15, 0.2) is 60.9 Å². The molecular weight excluding hydrogens is 232 g/mol. The lowest BCUT2D eigenvalue weighted by Gasteiger charge is -2.27. The lowest BCUT2D eigenvalue weighted by molar-refractivity contribution is 1.25. The van der Waals surface area contributed by atoms with Gasteiger partial charge in [0.05, 0.1) is 11.4 Å². The fourth-order valence-corrected chi connectivity index (χ4v) is 2.09. The molecule has 0 aliphatic carbocycles. The van der Waals surface area contributed by atoms with Gasteiger partial charge in [0.25, 0.3) is 0 Å². The Morgan fingerprint density at radius 2 is 1.82 bits per heavy atom. The number of nitrogens with zero attached hydrogens (tertiary/aromatic N) is 1. The van der Waals surface area contributed by atoms with E-state index in [9.17, 15) is 0 Å². The van der Waals surface area contributed by atoms with E-state index in [-0.39, 0.29) is 0 Å².